The van der Waals surface area contributed by atoms with Gasteiger partial charge in [0, 0.05) is 50.5 Å². The molecular formula is C23H29N5O. The highest BCUT2D eigenvalue weighted by Gasteiger charge is 2.22. The first-order valence-electron chi connectivity index (χ1n) is 9.94. The van der Waals surface area contributed by atoms with Crippen molar-refractivity contribution in [3.8, 4) is 0 Å². The zero-order chi connectivity index (χ0) is 20.6. The van der Waals surface area contributed by atoms with Crippen molar-refractivity contribution in [2.45, 2.75) is 18.9 Å². The number of likely N-dealkylation sites (tertiary alicyclic amines) is 1. The number of piperidine rings is 1. The van der Waals surface area contributed by atoms with Crippen molar-refractivity contribution in [3.63, 3.8) is 0 Å². The van der Waals surface area contributed by atoms with E-state index in [4.69, 9.17) is 0 Å². The van der Waals surface area contributed by atoms with Crippen LogP contribution in [0.2, 0.25) is 0 Å². The number of aromatic nitrogens is 2. The molecule has 0 atom stereocenters. The van der Waals surface area contributed by atoms with Gasteiger partial charge < -0.3 is 15.6 Å². The van der Waals surface area contributed by atoms with Gasteiger partial charge in [-0.3, -0.25) is 9.69 Å². The summed E-state index contributed by atoms with van der Waals surface area (Å²) in [6.45, 7) is 10.4. The van der Waals surface area contributed by atoms with E-state index in [0.29, 0.717) is 11.6 Å². The number of carbonyl (C=O) groups excluding carboxylic acids is 1. The van der Waals surface area contributed by atoms with Crippen LogP contribution in [0.1, 0.15) is 23.2 Å². The Hall–Kier alpha value is -3.12. The molecule has 1 fully saturated rings. The summed E-state index contributed by atoms with van der Waals surface area (Å²) in [5.41, 5.74) is 3.44. The maximum Gasteiger partial charge on any atom is 0.254 e. The van der Waals surface area contributed by atoms with Crippen LogP contribution in [0.15, 0.2) is 67.6 Å². The van der Waals surface area contributed by atoms with Gasteiger partial charge in [0.1, 0.15) is 5.65 Å². The second-order valence-electron chi connectivity index (χ2n) is 7.13. The van der Waals surface area contributed by atoms with Crippen molar-refractivity contribution in [2.24, 2.45) is 0 Å². The minimum absolute atomic E-state index is 0.131. The van der Waals surface area contributed by atoms with Gasteiger partial charge in [0.15, 0.2) is 0 Å². The predicted molar refractivity (Wildman–Crippen MR) is 120 cm³/mol. The average Bonchev–Trinajstić information content (AvgIpc) is 3.22. The summed E-state index contributed by atoms with van der Waals surface area (Å²) >= 11 is 0. The molecule has 3 heterocycles. The van der Waals surface area contributed by atoms with Gasteiger partial charge in [-0.1, -0.05) is 43.5 Å². The second kappa shape index (κ2) is 9.89. The van der Waals surface area contributed by atoms with Crippen LogP contribution in [0.3, 0.4) is 0 Å². The monoisotopic (exact) mass is 391 g/mol. The molecule has 1 aliphatic heterocycles. The van der Waals surface area contributed by atoms with Crippen molar-refractivity contribution in [2.75, 3.05) is 32.0 Å². The van der Waals surface area contributed by atoms with Gasteiger partial charge >= 0.3 is 0 Å². The number of rotatable bonds is 8. The van der Waals surface area contributed by atoms with E-state index >= 15 is 0 Å². The highest BCUT2D eigenvalue weighted by Crippen LogP contribution is 2.28. The topological polar surface area (TPSA) is 73.1 Å². The molecule has 3 N–H and O–H groups in total. The van der Waals surface area contributed by atoms with E-state index in [1.54, 1.807) is 19.3 Å². The van der Waals surface area contributed by atoms with E-state index in [-0.39, 0.29) is 5.91 Å². The Morgan fingerprint density at radius 2 is 2.14 bits per heavy atom. The Morgan fingerprint density at radius 1 is 1.34 bits per heavy atom. The van der Waals surface area contributed by atoms with Crippen LogP contribution in [0.4, 0.5) is 5.69 Å². The Morgan fingerprint density at radius 3 is 2.83 bits per heavy atom. The lowest BCUT2D eigenvalue weighted by molar-refractivity contribution is 0.0963. The van der Waals surface area contributed by atoms with E-state index in [9.17, 15) is 4.79 Å². The number of amides is 1. The summed E-state index contributed by atoms with van der Waals surface area (Å²) in [7, 11) is 1.64. The number of hydrogen-bond donors (Lipinski definition) is 3. The predicted octanol–water partition coefficient (Wildman–Crippen LogP) is 3.65. The van der Waals surface area contributed by atoms with Crippen molar-refractivity contribution in [3.05, 3.63) is 73.1 Å². The average molecular weight is 392 g/mol. The molecule has 6 nitrogen and oxygen atoms in total. The number of hydrogen-bond acceptors (Lipinski definition) is 4. The number of anilines is 1. The lowest BCUT2D eigenvalue weighted by Gasteiger charge is -2.33. The molecule has 1 saturated heterocycles. The van der Waals surface area contributed by atoms with Gasteiger partial charge in [-0.2, -0.15) is 0 Å². The van der Waals surface area contributed by atoms with Crippen LogP contribution in [0, 0.1) is 0 Å². The van der Waals surface area contributed by atoms with Gasteiger partial charge in [0.25, 0.3) is 5.91 Å². The van der Waals surface area contributed by atoms with Crippen LogP contribution in [-0.4, -0.2) is 53.5 Å². The molecule has 6 heteroatoms. The number of allylic oxidation sites excluding steroid dienone is 4. The van der Waals surface area contributed by atoms with Gasteiger partial charge in [-0.25, -0.2) is 4.98 Å². The minimum atomic E-state index is -0.131. The molecule has 0 bridgehead atoms. The first-order chi connectivity index (χ1) is 14.2. The summed E-state index contributed by atoms with van der Waals surface area (Å²) in [6.07, 6.45) is 15.2. The molecule has 2 aromatic heterocycles. The summed E-state index contributed by atoms with van der Waals surface area (Å²) in [5, 5.41) is 7.27. The first kappa shape index (κ1) is 20.6. The molecule has 1 aliphatic rings. The smallest absolute Gasteiger partial charge is 0.254 e. The second-order valence-corrected chi connectivity index (χ2v) is 7.13. The van der Waals surface area contributed by atoms with Gasteiger partial charge in [-0.15, -0.1) is 0 Å². The largest absolute Gasteiger partial charge is 0.381 e. The lowest BCUT2D eigenvalue weighted by atomic mass is 10.0. The molecule has 0 saturated carbocycles. The molecule has 152 valence electrons. The Labute approximate surface area is 172 Å². The molecule has 2 aromatic rings. The van der Waals surface area contributed by atoms with E-state index in [1.807, 2.05) is 30.5 Å². The zero-order valence-electron chi connectivity index (χ0n) is 16.9. The van der Waals surface area contributed by atoms with Crippen molar-refractivity contribution in [1.82, 2.24) is 20.2 Å². The third-order valence-electron chi connectivity index (χ3n) is 5.18. The maximum absolute atomic E-state index is 12.3. The van der Waals surface area contributed by atoms with Crippen molar-refractivity contribution < 1.29 is 4.79 Å². The summed E-state index contributed by atoms with van der Waals surface area (Å²) in [4.78, 5) is 22.2. The number of pyridine rings is 1. The molecule has 0 unspecified atom stereocenters. The van der Waals surface area contributed by atoms with Crippen LogP contribution >= 0.6 is 0 Å². The number of nitrogens with one attached hydrogen (secondary N) is 3. The van der Waals surface area contributed by atoms with Gasteiger partial charge in [-0.05, 0) is 24.5 Å². The number of carbonyl (C=O) groups is 1. The number of aromatic amines is 1. The fraction of sp³-hybridized carbons (Fsp3) is 0.304. The van der Waals surface area contributed by atoms with E-state index in [0.717, 1.165) is 49.2 Å². The van der Waals surface area contributed by atoms with Crippen molar-refractivity contribution >= 4 is 22.6 Å². The first-order valence-corrected chi connectivity index (χ1v) is 9.94. The lowest BCUT2D eigenvalue weighted by Crippen LogP contribution is -2.40. The molecule has 29 heavy (non-hydrogen) atoms. The van der Waals surface area contributed by atoms with Crippen LogP contribution in [0.5, 0.6) is 0 Å². The molecule has 0 aromatic carbocycles. The Bertz CT molecular complexity index is 932. The van der Waals surface area contributed by atoms with Crippen LogP contribution < -0.4 is 10.6 Å². The molecule has 0 radical (unpaired) electrons. The molecule has 3 rings (SSSR count). The quantitative estimate of drug-likeness (QED) is 0.601. The molecular weight excluding hydrogens is 362 g/mol. The summed E-state index contributed by atoms with van der Waals surface area (Å²) < 4.78 is 0. The number of fused-ring (bicyclic) bond motifs is 1. The fourth-order valence-electron chi connectivity index (χ4n) is 3.67. The Kier molecular flexibility index (Phi) is 7.03. The molecule has 0 aliphatic carbocycles. The summed E-state index contributed by atoms with van der Waals surface area (Å²) in [6, 6.07) is 2.27. The third kappa shape index (κ3) is 5.03. The maximum atomic E-state index is 12.3. The van der Waals surface area contributed by atoms with Gasteiger partial charge in [0.2, 0.25) is 0 Å². The number of H-pyrrole nitrogens is 1. The van der Waals surface area contributed by atoms with Crippen LogP contribution in [-0.2, 0) is 0 Å². The normalized spacial score (nSPS) is 16.2. The minimum Gasteiger partial charge on any atom is -0.381 e. The highest BCUT2D eigenvalue weighted by molar-refractivity contribution is 6.06. The van der Waals surface area contributed by atoms with Crippen molar-refractivity contribution in [1.29, 1.82) is 0 Å². The van der Waals surface area contributed by atoms with E-state index in [1.165, 1.54) is 5.57 Å². The van der Waals surface area contributed by atoms with Crippen LogP contribution in [0.25, 0.3) is 11.0 Å². The summed E-state index contributed by atoms with van der Waals surface area (Å²) in [5.74, 6) is -0.131. The van der Waals surface area contributed by atoms with E-state index < -0.39 is 0 Å². The number of nitrogens with zero attached hydrogens (tertiary/aromatic N) is 2. The van der Waals surface area contributed by atoms with E-state index in [2.05, 4.69) is 44.7 Å². The fourth-order valence-corrected chi connectivity index (χ4v) is 3.67. The molecule has 1 amide bonds. The zero-order valence-corrected chi connectivity index (χ0v) is 16.9. The molecule has 0 spiro atoms. The third-order valence-corrected chi connectivity index (χ3v) is 5.18. The van der Waals surface area contributed by atoms with Gasteiger partial charge in [0.05, 0.1) is 11.3 Å². The highest BCUT2D eigenvalue weighted by atomic mass is 16.1. The SMILES string of the molecule is C=C/C=C\C(=C/C=C)CN1CCC(Nc2c(C(=O)NC)cnc3[nH]ccc23)CC1. The standard InChI is InChI=1S/C23H29N5O/c1-4-6-8-17(7-5-2)16-28-13-10-18(11-14-28)27-21-19-9-12-25-22(19)26-15-20(21)23(29)24-3/h4-9,12,15,18H,1-2,10-11,13-14,16H2,3H3,(H,24,29)(H2,25,26,27)/b8-6-,17-7+. The Balaban J connectivity index is 1.68.